The van der Waals surface area contributed by atoms with E-state index < -0.39 is 10.9 Å². The van der Waals surface area contributed by atoms with Crippen LogP contribution in [0.5, 0.6) is 0 Å². The van der Waals surface area contributed by atoms with Gasteiger partial charge in [0.15, 0.2) is 0 Å². The second-order valence-electron chi connectivity index (χ2n) is 4.64. The fourth-order valence-electron chi connectivity index (χ4n) is 1.96. The van der Waals surface area contributed by atoms with Crippen LogP contribution in [0.4, 0.5) is 11.4 Å². The molecule has 0 saturated carbocycles. The Labute approximate surface area is 121 Å². The van der Waals surface area contributed by atoms with Gasteiger partial charge in [-0.3, -0.25) is 10.1 Å². The first kappa shape index (κ1) is 14.5. The molecule has 0 radical (unpaired) electrons. The minimum Gasteiger partial charge on any atom is -0.478 e. The molecule has 2 rings (SSSR count). The number of carbonyl (C=O) groups is 1. The summed E-state index contributed by atoms with van der Waals surface area (Å²) in [6.07, 6.45) is 0. The van der Waals surface area contributed by atoms with Crippen LogP contribution in [0.25, 0.3) is 0 Å². The van der Waals surface area contributed by atoms with E-state index in [2.05, 4.69) is 5.32 Å². The van der Waals surface area contributed by atoms with Crippen LogP contribution in [0.2, 0.25) is 0 Å². The van der Waals surface area contributed by atoms with E-state index in [9.17, 15) is 14.9 Å². The molecule has 108 valence electrons. The maximum atomic E-state index is 11.0. The molecule has 0 aliphatic carbocycles. The molecule has 0 aliphatic rings. The Kier molecular flexibility index (Phi) is 4.18. The van der Waals surface area contributed by atoms with Gasteiger partial charge < -0.3 is 10.4 Å². The second-order valence-corrected chi connectivity index (χ2v) is 4.64. The van der Waals surface area contributed by atoms with Crippen LogP contribution < -0.4 is 5.32 Å². The zero-order valence-electron chi connectivity index (χ0n) is 11.4. The van der Waals surface area contributed by atoms with Gasteiger partial charge in [-0.1, -0.05) is 18.2 Å². The maximum Gasteiger partial charge on any atom is 0.335 e. The zero-order chi connectivity index (χ0) is 15.4. The lowest BCUT2D eigenvalue weighted by Crippen LogP contribution is -2.04. The average molecular weight is 286 g/mol. The van der Waals surface area contributed by atoms with Gasteiger partial charge in [-0.25, -0.2) is 4.79 Å². The lowest BCUT2D eigenvalue weighted by molar-refractivity contribution is -0.384. The van der Waals surface area contributed by atoms with Crippen LogP contribution in [-0.2, 0) is 6.54 Å². The lowest BCUT2D eigenvalue weighted by atomic mass is 10.1. The predicted octanol–water partition coefficient (Wildman–Crippen LogP) is 3.21. The largest absolute Gasteiger partial charge is 0.478 e. The molecule has 6 nitrogen and oxygen atoms in total. The molecule has 0 amide bonds. The highest BCUT2D eigenvalue weighted by molar-refractivity contribution is 5.87. The summed E-state index contributed by atoms with van der Waals surface area (Å²) in [5.74, 6) is -1.00. The highest BCUT2D eigenvalue weighted by Gasteiger charge is 2.13. The third-order valence-corrected chi connectivity index (χ3v) is 3.01. The third kappa shape index (κ3) is 3.56. The van der Waals surface area contributed by atoms with Crippen molar-refractivity contribution in [1.82, 2.24) is 0 Å². The molecule has 0 aromatic heterocycles. The molecule has 0 fully saturated rings. The van der Waals surface area contributed by atoms with Crippen molar-refractivity contribution in [2.75, 3.05) is 5.32 Å². The van der Waals surface area contributed by atoms with Crippen LogP contribution in [0.3, 0.4) is 0 Å². The van der Waals surface area contributed by atoms with Crippen molar-refractivity contribution >= 4 is 17.3 Å². The Morgan fingerprint density at radius 2 is 2.05 bits per heavy atom. The van der Waals surface area contributed by atoms with E-state index in [0.29, 0.717) is 12.2 Å². The number of nitrogens with zero attached hydrogens (tertiary/aromatic N) is 1. The first-order valence-corrected chi connectivity index (χ1v) is 6.28. The van der Waals surface area contributed by atoms with Gasteiger partial charge in [0, 0.05) is 12.6 Å². The van der Waals surface area contributed by atoms with Gasteiger partial charge >= 0.3 is 5.97 Å². The van der Waals surface area contributed by atoms with E-state index in [0.717, 1.165) is 11.1 Å². The summed E-state index contributed by atoms with van der Waals surface area (Å²) in [6.45, 7) is 2.16. The predicted molar refractivity (Wildman–Crippen MR) is 78.6 cm³/mol. The summed E-state index contributed by atoms with van der Waals surface area (Å²) in [5.41, 5.74) is 2.25. The van der Waals surface area contributed by atoms with Gasteiger partial charge in [-0.15, -0.1) is 0 Å². The molecular weight excluding hydrogens is 272 g/mol. The fraction of sp³-hybridized carbons (Fsp3) is 0.133. The Morgan fingerprint density at radius 1 is 1.29 bits per heavy atom. The number of aryl methyl sites for hydroxylation is 1. The fourth-order valence-corrected chi connectivity index (χ4v) is 1.96. The number of carboxylic acids is 1. The molecule has 0 spiro atoms. The van der Waals surface area contributed by atoms with Crippen molar-refractivity contribution in [2.24, 2.45) is 0 Å². The Hall–Kier alpha value is -2.89. The molecule has 2 aromatic rings. The number of nitrogens with one attached hydrogen (secondary N) is 1. The van der Waals surface area contributed by atoms with Crippen molar-refractivity contribution in [2.45, 2.75) is 13.5 Å². The molecule has 21 heavy (non-hydrogen) atoms. The molecule has 2 N–H and O–H groups in total. The van der Waals surface area contributed by atoms with E-state index in [4.69, 9.17) is 5.11 Å². The number of nitro benzene ring substituents is 1. The minimum absolute atomic E-state index is 0.00464. The molecule has 6 heteroatoms. The van der Waals surface area contributed by atoms with Crippen LogP contribution in [0, 0.1) is 17.0 Å². The number of benzene rings is 2. The molecular formula is C15H14N2O4. The summed E-state index contributed by atoms with van der Waals surface area (Å²) in [7, 11) is 0. The van der Waals surface area contributed by atoms with Gasteiger partial charge in [0.25, 0.3) is 5.69 Å². The summed E-state index contributed by atoms with van der Waals surface area (Å²) in [6, 6.07) is 11.3. The highest BCUT2D eigenvalue weighted by atomic mass is 16.6. The van der Waals surface area contributed by atoms with Crippen LogP contribution in [0.15, 0.2) is 42.5 Å². The quantitative estimate of drug-likeness (QED) is 0.650. The van der Waals surface area contributed by atoms with E-state index in [-0.39, 0.29) is 11.3 Å². The van der Waals surface area contributed by atoms with Crippen LogP contribution in [0.1, 0.15) is 21.5 Å². The monoisotopic (exact) mass is 286 g/mol. The summed E-state index contributed by atoms with van der Waals surface area (Å²) in [5, 5.41) is 22.9. The van der Waals surface area contributed by atoms with E-state index in [1.165, 1.54) is 18.2 Å². The molecule has 0 bridgehead atoms. The van der Waals surface area contributed by atoms with Gasteiger partial charge in [0.05, 0.1) is 10.5 Å². The number of rotatable bonds is 5. The van der Waals surface area contributed by atoms with Crippen molar-refractivity contribution in [3.8, 4) is 0 Å². The smallest absolute Gasteiger partial charge is 0.335 e. The van der Waals surface area contributed by atoms with E-state index in [1.807, 2.05) is 6.92 Å². The normalized spacial score (nSPS) is 10.1. The number of carboxylic acid groups (broad SMARTS) is 1. The molecule has 0 heterocycles. The molecule has 0 unspecified atom stereocenters. The number of anilines is 1. The summed E-state index contributed by atoms with van der Waals surface area (Å²) < 4.78 is 0. The first-order valence-electron chi connectivity index (χ1n) is 6.28. The topological polar surface area (TPSA) is 92.5 Å². The van der Waals surface area contributed by atoms with Gasteiger partial charge in [-0.2, -0.15) is 0 Å². The summed E-state index contributed by atoms with van der Waals surface area (Å²) in [4.78, 5) is 21.4. The Morgan fingerprint density at radius 3 is 2.71 bits per heavy atom. The minimum atomic E-state index is -1.00. The Balaban J connectivity index is 2.20. The highest BCUT2D eigenvalue weighted by Crippen LogP contribution is 2.25. The van der Waals surface area contributed by atoms with Gasteiger partial charge in [0.2, 0.25) is 0 Å². The standard InChI is InChI=1S/C15H14N2O4/c1-10-5-6-14(17(20)21)13(7-10)16-9-11-3-2-4-12(8-11)15(18)19/h2-8,16H,9H2,1H3,(H,18,19). The number of hydrogen-bond acceptors (Lipinski definition) is 4. The van der Waals surface area contributed by atoms with Crippen LogP contribution in [-0.4, -0.2) is 16.0 Å². The number of hydrogen-bond donors (Lipinski definition) is 2. The lowest BCUT2D eigenvalue weighted by Gasteiger charge is -2.08. The van der Waals surface area contributed by atoms with Crippen LogP contribution >= 0.6 is 0 Å². The number of nitro groups is 1. The van der Waals surface area contributed by atoms with Crippen molar-refractivity contribution in [3.63, 3.8) is 0 Å². The molecule has 0 saturated heterocycles. The molecule has 2 aromatic carbocycles. The number of aromatic carboxylic acids is 1. The van der Waals surface area contributed by atoms with Gasteiger partial charge in [-0.05, 0) is 36.2 Å². The van der Waals surface area contributed by atoms with Crippen molar-refractivity contribution in [3.05, 3.63) is 69.3 Å². The zero-order valence-corrected chi connectivity index (χ0v) is 11.4. The maximum absolute atomic E-state index is 11.0. The first-order chi connectivity index (χ1) is 9.97. The van der Waals surface area contributed by atoms with E-state index >= 15 is 0 Å². The SMILES string of the molecule is Cc1ccc([N+](=O)[O-])c(NCc2cccc(C(=O)O)c2)c1. The average Bonchev–Trinajstić information content (AvgIpc) is 2.45. The molecule has 0 aliphatic heterocycles. The van der Waals surface area contributed by atoms with Gasteiger partial charge in [0.1, 0.15) is 5.69 Å². The van der Waals surface area contributed by atoms with E-state index in [1.54, 1.807) is 24.3 Å². The van der Waals surface area contributed by atoms with Crippen molar-refractivity contribution in [1.29, 1.82) is 0 Å². The third-order valence-electron chi connectivity index (χ3n) is 3.01. The summed E-state index contributed by atoms with van der Waals surface area (Å²) >= 11 is 0. The molecule has 0 atom stereocenters. The van der Waals surface area contributed by atoms with Crippen molar-refractivity contribution < 1.29 is 14.8 Å². The Bertz CT molecular complexity index is 698. The second kappa shape index (κ2) is 6.04.